The van der Waals surface area contributed by atoms with E-state index in [0.717, 1.165) is 18.6 Å². The Labute approximate surface area is 116 Å². The maximum Gasteiger partial charge on any atom is 0.150 e. The smallest absolute Gasteiger partial charge is 0.150 e. The second-order valence-electron chi connectivity index (χ2n) is 4.72. The summed E-state index contributed by atoms with van der Waals surface area (Å²) >= 11 is 0. The number of aryl methyl sites for hydroxylation is 1. The normalized spacial score (nSPS) is 18.3. The number of hydrogen-bond donors (Lipinski definition) is 0. The van der Waals surface area contributed by atoms with E-state index in [-0.39, 0.29) is 0 Å². The molecule has 1 aromatic carbocycles. The van der Waals surface area contributed by atoms with Crippen molar-refractivity contribution in [2.24, 2.45) is 5.92 Å². The quantitative estimate of drug-likeness (QED) is 0.856. The number of sulfone groups is 1. The molecule has 3 nitrogen and oxygen atoms in total. The van der Waals surface area contributed by atoms with Gasteiger partial charge in [0.2, 0.25) is 0 Å². The summed E-state index contributed by atoms with van der Waals surface area (Å²) in [5, 5.41) is 0. The average molecular weight is 284 g/mol. The Kier molecular flexibility index (Phi) is 6.35. The van der Waals surface area contributed by atoms with Crippen molar-refractivity contribution in [3.63, 3.8) is 0 Å². The second-order valence-corrected chi connectivity index (χ2v) is 7.02. The Morgan fingerprint density at radius 3 is 2.16 bits per heavy atom. The molecular formula is C15H24O3S. The van der Waals surface area contributed by atoms with Crippen molar-refractivity contribution in [2.75, 3.05) is 18.1 Å². The zero-order valence-electron chi connectivity index (χ0n) is 12.1. The first-order chi connectivity index (χ1) is 9.05. The summed E-state index contributed by atoms with van der Waals surface area (Å²) in [6.45, 7) is 6.66. The third kappa shape index (κ3) is 5.64. The highest BCUT2D eigenvalue weighted by atomic mass is 32.2. The molecule has 0 N–H and O–H groups in total. The van der Waals surface area contributed by atoms with Gasteiger partial charge in [0.15, 0.2) is 0 Å². The van der Waals surface area contributed by atoms with E-state index >= 15 is 0 Å². The van der Waals surface area contributed by atoms with Crippen LogP contribution in [0.3, 0.4) is 0 Å². The van der Waals surface area contributed by atoms with E-state index in [9.17, 15) is 8.42 Å². The highest BCUT2D eigenvalue weighted by Crippen LogP contribution is 2.20. The summed E-state index contributed by atoms with van der Waals surface area (Å²) in [4.78, 5) is 0. The summed E-state index contributed by atoms with van der Waals surface area (Å²) in [5.74, 6) is 1.87. The molecule has 0 aromatic heterocycles. The van der Waals surface area contributed by atoms with Crippen LogP contribution in [-0.4, -0.2) is 26.5 Å². The van der Waals surface area contributed by atoms with E-state index < -0.39 is 9.84 Å². The van der Waals surface area contributed by atoms with Gasteiger partial charge in [-0.25, -0.2) is 8.42 Å². The molecule has 0 spiro atoms. The van der Waals surface area contributed by atoms with Gasteiger partial charge in [0.1, 0.15) is 15.6 Å². The molecule has 0 atom stereocenters. The van der Waals surface area contributed by atoms with Crippen LogP contribution in [0.15, 0.2) is 24.3 Å². The first kappa shape index (κ1) is 16.0. The molecule has 1 aliphatic heterocycles. The molecule has 0 radical (unpaired) electrons. The van der Waals surface area contributed by atoms with Crippen LogP contribution in [0.5, 0.6) is 5.75 Å². The molecule has 1 aromatic rings. The molecule has 19 heavy (non-hydrogen) atoms. The lowest BCUT2D eigenvalue weighted by Gasteiger charge is -2.21. The van der Waals surface area contributed by atoms with Gasteiger partial charge in [0.05, 0.1) is 18.1 Å². The van der Waals surface area contributed by atoms with E-state index in [1.807, 2.05) is 45.0 Å². The van der Waals surface area contributed by atoms with Crippen LogP contribution in [0.4, 0.5) is 0 Å². The van der Waals surface area contributed by atoms with Crippen LogP contribution in [-0.2, 0) is 9.84 Å². The van der Waals surface area contributed by atoms with Gasteiger partial charge in [0, 0.05) is 0 Å². The molecule has 1 heterocycles. The molecule has 0 unspecified atom stereocenters. The monoisotopic (exact) mass is 284 g/mol. The van der Waals surface area contributed by atoms with Gasteiger partial charge < -0.3 is 4.74 Å². The predicted octanol–water partition coefficient (Wildman–Crippen LogP) is 3.22. The van der Waals surface area contributed by atoms with E-state index in [0.29, 0.717) is 24.0 Å². The van der Waals surface area contributed by atoms with Crippen molar-refractivity contribution in [3.05, 3.63) is 29.8 Å². The van der Waals surface area contributed by atoms with E-state index in [4.69, 9.17) is 4.74 Å². The van der Waals surface area contributed by atoms with E-state index in [1.165, 1.54) is 5.56 Å². The minimum absolute atomic E-state index is 0.314. The van der Waals surface area contributed by atoms with Crippen LogP contribution in [0.25, 0.3) is 0 Å². The van der Waals surface area contributed by atoms with Crippen LogP contribution < -0.4 is 4.74 Å². The Bertz CT molecular complexity index is 449. The van der Waals surface area contributed by atoms with Crippen molar-refractivity contribution in [2.45, 2.75) is 33.6 Å². The Morgan fingerprint density at radius 1 is 1.11 bits per heavy atom. The van der Waals surface area contributed by atoms with Crippen molar-refractivity contribution in [1.29, 1.82) is 0 Å². The van der Waals surface area contributed by atoms with Crippen LogP contribution >= 0.6 is 0 Å². The third-order valence-corrected chi connectivity index (χ3v) is 4.90. The molecule has 0 amide bonds. The largest absolute Gasteiger partial charge is 0.493 e. The molecule has 1 aliphatic rings. The molecule has 0 bridgehead atoms. The van der Waals surface area contributed by atoms with Gasteiger partial charge in [-0.1, -0.05) is 31.5 Å². The van der Waals surface area contributed by atoms with Crippen LogP contribution in [0.1, 0.15) is 32.3 Å². The lowest BCUT2D eigenvalue weighted by molar-refractivity contribution is 0.238. The van der Waals surface area contributed by atoms with Gasteiger partial charge >= 0.3 is 0 Å². The summed E-state index contributed by atoms with van der Waals surface area (Å²) in [5.41, 5.74) is 1.21. The number of rotatable bonds is 3. The van der Waals surface area contributed by atoms with E-state index in [2.05, 4.69) is 0 Å². The molecule has 0 saturated carbocycles. The van der Waals surface area contributed by atoms with Crippen molar-refractivity contribution < 1.29 is 13.2 Å². The Balaban J connectivity index is 0.000000861. The number of benzene rings is 1. The van der Waals surface area contributed by atoms with Gasteiger partial charge in [-0.2, -0.15) is 0 Å². The fraction of sp³-hybridized carbons (Fsp3) is 0.600. The first-order valence-electron chi connectivity index (χ1n) is 6.95. The highest BCUT2D eigenvalue weighted by molar-refractivity contribution is 7.91. The minimum atomic E-state index is -2.76. The first-order valence-corrected chi connectivity index (χ1v) is 8.77. The zero-order valence-corrected chi connectivity index (χ0v) is 12.9. The molecule has 1 fully saturated rings. The van der Waals surface area contributed by atoms with Crippen molar-refractivity contribution >= 4 is 9.84 Å². The third-order valence-electron chi connectivity index (χ3n) is 3.18. The second kappa shape index (κ2) is 7.53. The van der Waals surface area contributed by atoms with Gasteiger partial charge in [-0.05, 0) is 37.8 Å². The fourth-order valence-corrected chi connectivity index (χ4v) is 3.54. The van der Waals surface area contributed by atoms with Gasteiger partial charge in [0.25, 0.3) is 0 Å². The van der Waals surface area contributed by atoms with E-state index in [1.54, 1.807) is 0 Å². The molecular weight excluding hydrogens is 260 g/mol. The predicted molar refractivity (Wildman–Crippen MR) is 79.4 cm³/mol. The molecule has 108 valence electrons. The lowest BCUT2D eigenvalue weighted by atomic mass is 10.0. The average Bonchev–Trinajstić information content (AvgIpc) is 2.42. The minimum Gasteiger partial charge on any atom is -0.493 e. The summed E-state index contributed by atoms with van der Waals surface area (Å²) in [7, 11) is -2.76. The van der Waals surface area contributed by atoms with Crippen molar-refractivity contribution in [3.8, 4) is 5.75 Å². The summed E-state index contributed by atoms with van der Waals surface area (Å²) in [6, 6.07) is 7.94. The molecule has 1 saturated heterocycles. The molecule has 2 rings (SSSR count). The number of ether oxygens (including phenoxy) is 1. The SMILES string of the molecule is CC.Cc1ccc(OCC2CCS(=O)(=O)CC2)cc1. The zero-order chi connectivity index (χ0) is 14.3. The summed E-state index contributed by atoms with van der Waals surface area (Å²) in [6.07, 6.45) is 1.46. The van der Waals surface area contributed by atoms with Crippen molar-refractivity contribution in [1.82, 2.24) is 0 Å². The fourth-order valence-electron chi connectivity index (χ4n) is 1.95. The maximum absolute atomic E-state index is 11.3. The lowest BCUT2D eigenvalue weighted by Crippen LogP contribution is -2.26. The Morgan fingerprint density at radius 2 is 1.63 bits per heavy atom. The molecule has 4 heteroatoms. The van der Waals surface area contributed by atoms with Crippen LogP contribution in [0.2, 0.25) is 0 Å². The van der Waals surface area contributed by atoms with Gasteiger partial charge in [-0.3, -0.25) is 0 Å². The Hall–Kier alpha value is -1.03. The highest BCUT2D eigenvalue weighted by Gasteiger charge is 2.23. The maximum atomic E-state index is 11.3. The topological polar surface area (TPSA) is 43.4 Å². The standard InChI is InChI=1S/C13H18O3S.C2H6/c1-11-2-4-13(5-3-11)16-10-12-6-8-17(14,15)9-7-12;1-2/h2-5,12H,6-10H2,1H3;1-2H3. The summed E-state index contributed by atoms with van der Waals surface area (Å²) < 4.78 is 28.2. The number of hydrogen-bond acceptors (Lipinski definition) is 3. The van der Waals surface area contributed by atoms with Crippen LogP contribution in [0, 0.1) is 12.8 Å². The van der Waals surface area contributed by atoms with Gasteiger partial charge in [-0.15, -0.1) is 0 Å². The molecule has 0 aliphatic carbocycles.